The van der Waals surface area contributed by atoms with E-state index in [1.165, 1.54) is 12.8 Å². The molecule has 5 heteroatoms. The van der Waals surface area contributed by atoms with Crippen LogP contribution in [0.15, 0.2) is 12.4 Å². The van der Waals surface area contributed by atoms with E-state index < -0.39 is 0 Å². The lowest BCUT2D eigenvalue weighted by molar-refractivity contribution is -0.0541. The maximum Gasteiger partial charge on any atom is 0.158 e. The highest BCUT2D eigenvalue weighted by atomic mass is 16.5. The number of hydrogen-bond donors (Lipinski definition) is 0. The van der Waals surface area contributed by atoms with E-state index in [1.807, 2.05) is 0 Å². The second kappa shape index (κ2) is 4.50. The molecule has 3 heterocycles. The molecule has 0 bridgehead atoms. The SMILES string of the molecule is O=Cc1cnc(C2CN3CCCC3CO2)nc1. The Balaban J connectivity index is 1.73. The largest absolute Gasteiger partial charge is 0.367 e. The summed E-state index contributed by atoms with van der Waals surface area (Å²) in [4.78, 5) is 21.4. The first-order valence-corrected chi connectivity index (χ1v) is 5.99. The average Bonchev–Trinajstić information content (AvgIpc) is 2.86. The van der Waals surface area contributed by atoms with Crippen LogP contribution in [0.2, 0.25) is 0 Å². The van der Waals surface area contributed by atoms with Gasteiger partial charge in [0.15, 0.2) is 12.1 Å². The van der Waals surface area contributed by atoms with Gasteiger partial charge in [0.2, 0.25) is 0 Å². The van der Waals surface area contributed by atoms with E-state index >= 15 is 0 Å². The molecule has 0 aromatic carbocycles. The summed E-state index contributed by atoms with van der Waals surface area (Å²) < 4.78 is 5.80. The molecule has 0 radical (unpaired) electrons. The van der Waals surface area contributed by atoms with E-state index in [-0.39, 0.29) is 6.10 Å². The van der Waals surface area contributed by atoms with Crippen molar-refractivity contribution < 1.29 is 9.53 Å². The molecule has 0 aliphatic carbocycles. The number of morpholine rings is 1. The summed E-state index contributed by atoms with van der Waals surface area (Å²) in [7, 11) is 0. The molecular weight excluding hydrogens is 218 g/mol. The van der Waals surface area contributed by atoms with Crippen molar-refractivity contribution in [1.82, 2.24) is 14.9 Å². The minimum absolute atomic E-state index is 0.0509. The van der Waals surface area contributed by atoms with Gasteiger partial charge in [-0.1, -0.05) is 0 Å². The maximum absolute atomic E-state index is 10.5. The zero-order valence-corrected chi connectivity index (χ0v) is 9.58. The Morgan fingerprint density at radius 3 is 3.00 bits per heavy atom. The summed E-state index contributed by atoms with van der Waals surface area (Å²) in [5.74, 6) is 0.681. The first-order valence-electron chi connectivity index (χ1n) is 5.99. The number of hydrogen-bond acceptors (Lipinski definition) is 5. The van der Waals surface area contributed by atoms with Gasteiger partial charge in [-0.25, -0.2) is 9.97 Å². The lowest BCUT2D eigenvalue weighted by atomic mass is 10.2. The molecule has 17 heavy (non-hydrogen) atoms. The molecule has 2 aliphatic heterocycles. The summed E-state index contributed by atoms with van der Waals surface area (Å²) in [6, 6.07) is 0.584. The van der Waals surface area contributed by atoms with E-state index in [0.717, 1.165) is 26.0 Å². The van der Waals surface area contributed by atoms with Gasteiger partial charge in [-0.3, -0.25) is 9.69 Å². The van der Waals surface area contributed by atoms with Crippen LogP contribution >= 0.6 is 0 Å². The first kappa shape index (κ1) is 10.8. The Labute approximate surface area is 99.8 Å². The summed E-state index contributed by atoms with van der Waals surface area (Å²) in [6.07, 6.45) is 6.29. The lowest BCUT2D eigenvalue weighted by Gasteiger charge is -2.34. The number of carbonyl (C=O) groups excluding carboxylic acids is 1. The van der Waals surface area contributed by atoms with E-state index in [9.17, 15) is 4.79 Å². The number of aldehydes is 1. The third-order valence-electron chi connectivity index (χ3n) is 3.51. The minimum atomic E-state index is -0.0509. The van der Waals surface area contributed by atoms with Gasteiger partial charge in [0.05, 0.1) is 12.2 Å². The fourth-order valence-electron chi connectivity index (χ4n) is 2.55. The number of rotatable bonds is 2. The van der Waals surface area contributed by atoms with Gasteiger partial charge in [-0.2, -0.15) is 0 Å². The average molecular weight is 233 g/mol. The number of carbonyl (C=O) groups is 1. The second-order valence-corrected chi connectivity index (χ2v) is 4.61. The maximum atomic E-state index is 10.5. The topological polar surface area (TPSA) is 55.3 Å². The molecule has 2 unspecified atom stereocenters. The molecule has 2 atom stereocenters. The van der Waals surface area contributed by atoms with Crippen molar-refractivity contribution >= 4 is 6.29 Å². The van der Waals surface area contributed by atoms with Gasteiger partial charge >= 0.3 is 0 Å². The van der Waals surface area contributed by atoms with Crippen LogP contribution in [0.4, 0.5) is 0 Å². The van der Waals surface area contributed by atoms with Crippen molar-refractivity contribution in [2.45, 2.75) is 25.0 Å². The molecule has 0 N–H and O–H groups in total. The van der Waals surface area contributed by atoms with Crippen LogP contribution in [0.3, 0.4) is 0 Å². The van der Waals surface area contributed by atoms with Gasteiger partial charge in [-0.15, -0.1) is 0 Å². The Morgan fingerprint density at radius 2 is 2.24 bits per heavy atom. The fourth-order valence-corrected chi connectivity index (χ4v) is 2.55. The van der Waals surface area contributed by atoms with Crippen LogP contribution in [-0.2, 0) is 4.74 Å². The van der Waals surface area contributed by atoms with Gasteiger partial charge < -0.3 is 4.74 Å². The molecule has 90 valence electrons. The van der Waals surface area contributed by atoms with Crippen molar-refractivity contribution in [3.8, 4) is 0 Å². The first-order chi connectivity index (χ1) is 8.36. The molecule has 3 rings (SSSR count). The highest BCUT2D eigenvalue weighted by Crippen LogP contribution is 2.28. The van der Waals surface area contributed by atoms with Crippen molar-refractivity contribution in [3.63, 3.8) is 0 Å². The lowest BCUT2D eigenvalue weighted by Crippen LogP contribution is -2.42. The van der Waals surface area contributed by atoms with Crippen LogP contribution in [0, 0.1) is 0 Å². The molecule has 5 nitrogen and oxygen atoms in total. The molecule has 2 aliphatic rings. The minimum Gasteiger partial charge on any atom is -0.367 e. The van der Waals surface area contributed by atoms with Crippen LogP contribution < -0.4 is 0 Å². The molecule has 1 aromatic heterocycles. The van der Waals surface area contributed by atoms with Crippen LogP contribution in [-0.4, -0.2) is 46.9 Å². The van der Waals surface area contributed by atoms with E-state index in [1.54, 1.807) is 12.4 Å². The molecule has 0 saturated carbocycles. The summed E-state index contributed by atoms with van der Waals surface area (Å²) in [5.41, 5.74) is 0.503. The molecule has 2 saturated heterocycles. The van der Waals surface area contributed by atoms with Gasteiger partial charge in [-0.05, 0) is 19.4 Å². The van der Waals surface area contributed by atoms with E-state index in [0.29, 0.717) is 17.4 Å². The third kappa shape index (κ3) is 2.08. The van der Waals surface area contributed by atoms with E-state index in [2.05, 4.69) is 14.9 Å². The highest BCUT2D eigenvalue weighted by molar-refractivity contribution is 5.73. The van der Waals surface area contributed by atoms with Crippen LogP contribution in [0.5, 0.6) is 0 Å². The summed E-state index contributed by atoms with van der Waals surface area (Å²) in [6.45, 7) is 2.78. The molecule has 0 amide bonds. The van der Waals surface area contributed by atoms with Crippen molar-refractivity contribution in [2.75, 3.05) is 19.7 Å². The normalized spacial score (nSPS) is 28.9. The van der Waals surface area contributed by atoms with Crippen molar-refractivity contribution in [3.05, 3.63) is 23.8 Å². The zero-order valence-electron chi connectivity index (χ0n) is 9.58. The summed E-state index contributed by atoms with van der Waals surface area (Å²) >= 11 is 0. The molecule has 0 spiro atoms. The van der Waals surface area contributed by atoms with Crippen LogP contribution in [0.25, 0.3) is 0 Å². The Morgan fingerprint density at radius 1 is 1.41 bits per heavy atom. The Bertz CT molecular complexity index is 407. The fraction of sp³-hybridized carbons (Fsp3) is 0.583. The highest BCUT2D eigenvalue weighted by Gasteiger charge is 2.33. The predicted molar refractivity (Wildman–Crippen MR) is 60.7 cm³/mol. The number of ether oxygens (including phenoxy) is 1. The standard InChI is InChI=1S/C12H15N3O2/c16-7-9-4-13-12(14-5-9)11-6-15-3-1-2-10(15)8-17-11/h4-5,7,10-11H,1-3,6,8H2. The van der Waals surface area contributed by atoms with Crippen LogP contribution in [0.1, 0.15) is 35.1 Å². The smallest absolute Gasteiger partial charge is 0.158 e. The van der Waals surface area contributed by atoms with Crippen molar-refractivity contribution in [1.29, 1.82) is 0 Å². The Kier molecular flexibility index (Phi) is 2.86. The zero-order chi connectivity index (χ0) is 11.7. The summed E-state index contributed by atoms with van der Waals surface area (Å²) in [5, 5.41) is 0. The predicted octanol–water partition coefficient (Wildman–Crippen LogP) is 0.825. The molecule has 2 fully saturated rings. The van der Waals surface area contributed by atoms with Gasteiger partial charge in [0.25, 0.3) is 0 Å². The monoisotopic (exact) mass is 233 g/mol. The van der Waals surface area contributed by atoms with Gasteiger partial charge in [0, 0.05) is 25.0 Å². The van der Waals surface area contributed by atoms with Crippen molar-refractivity contribution in [2.24, 2.45) is 0 Å². The third-order valence-corrected chi connectivity index (χ3v) is 3.51. The Hall–Kier alpha value is -1.33. The number of nitrogens with zero attached hydrogens (tertiary/aromatic N) is 3. The second-order valence-electron chi connectivity index (χ2n) is 4.61. The molecular formula is C12H15N3O2. The van der Waals surface area contributed by atoms with E-state index in [4.69, 9.17) is 4.74 Å². The van der Waals surface area contributed by atoms with Gasteiger partial charge in [0.1, 0.15) is 6.10 Å². The number of fused-ring (bicyclic) bond motifs is 1. The number of aromatic nitrogens is 2. The quantitative estimate of drug-likeness (QED) is 0.708. The molecule has 1 aromatic rings.